The molecule has 0 bridgehead atoms. The van der Waals surface area contributed by atoms with Crippen LogP contribution in [-0.4, -0.2) is 33.7 Å². The van der Waals surface area contributed by atoms with Gasteiger partial charge in [0, 0.05) is 24.4 Å². The normalized spacial score (nSPS) is 13.0. The minimum absolute atomic E-state index is 0.118. The van der Waals surface area contributed by atoms with Crippen molar-refractivity contribution in [2.24, 2.45) is 5.73 Å². The fraction of sp³-hybridized carbons (Fsp3) is 1.00. The van der Waals surface area contributed by atoms with E-state index in [-0.39, 0.29) is 18.3 Å². The van der Waals surface area contributed by atoms with E-state index in [1.54, 1.807) is 0 Å². The van der Waals surface area contributed by atoms with E-state index >= 15 is 0 Å². The Morgan fingerprint density at radius 1 is 0.778 bits per heavy atom. The lowest BCUT2D eigenvalue weighted by Crippen LogP contribution is -2.50. The second-order valence-corrected chi connectivity index (χ2v) is 8.00. The maximum atomic E-state index is 6.06. The molecule has 2 N–H and O–H groups in total. The van der Waals surface area contributed by atoms with Crippen LogP contribution in [-0.2, 0) is 13.3 Å². The zero-order chi connectivity index (χ0) is 14.2. The van der Waals surface area contributed by atoms with Gasteiger partial charge in [0.25, 0.3) is 0 Å². The molecule has 0 spiro atoms. The lowest BCUT2D eigenvalue weighted by Gasteiger charge is -2.34. The van der Waals surface area contributed by atoms with Crippen LogP contribution in [0.4, 0.5) is 0 Å². The van der Waals surface area contributed by atoms with Crippen molar-refractivity contribution in [3.63, 3.8) is 0 Å². The molecule has 0 aromatic rings. The number of hydrogen-bond acceptors (Lipinski definition) is 4. The van der Waals surface area contributed by atoms with E-state index in [1.165, 1.54) is 0 Å². The van der Waals surface area contributed by atoms with E-state index in [2.05, 4.69) is 0 Å². The zero-order valence-electron chi connectivity index (χ0n) is 12.9. The molecule has 0 rings (SSSR count). The molecule has 0 aliphatic rings. The predicted molar refractivity (Wildman–Crippen MR) is 77.5 cm³/mol. The topological polar surface area (TPSA) is 53.7 Å². The molecule has 18 heavy (non-hydrogen) atoms. The highest BCUT2D eigenvalue weighted by Crippen LogP contribution is 2.24. The Morgan fingerprint density at radius 2 is 1.17 bits per heavy atom. The van der Waals surface area contributed by atoms with Crippen molar-refractivity contribution in [3.05, 3.63) is 0 Å². The average Bonchev–Trinajstić information content (AvgIpc) is 2.13. The highest BCUT2D eigenvalue weighted by atomic mass is 28.4. The van der Waals surface area contributed by atoms with Crippen LogP contribution in [0.3, 0.4) is 0 Å². The van der Waals surface area contributed by atoms with E-state index in [9.17, 15) is 0 Å². The first kappa shape index (κ1) is 18.1. The summed E-state index contributed by atoms with van der Waals surface area (Å²) < 4.78 is 18.2. The van der Waals surface area contributed by atoms with Gasteiger partial charge in [0.1, 0.15) is 0 Å². The van der Waals surface area contributed by atoms with E-state index in [0.717, 1.165) is 18.9 Å². The SMILES string of the molecule is CC(C)O[Si](CCCCN)(OC(C)C)OC(C)C. The average molecular weight is 277 g/mol. The molecule has 0 aliphatic carbocycles. The summed E-state index contributed by atoms with van der Waals surface area (Å²) in [6.45, 7) is 12.9. The van der Waals surface area contributed by atoms with Gasteiger partial charge in [-0.3, -0.25) is 0 Å². The minimum atomic E-state index is -2.58. The van der Waals surface area contributed by atoms with Crippen molar-refractivity contribution in [1.29, 1.82) is 0 Å². The van der Waals surface area contributed by atoms with Crippen LogP contribution in [0, 0.1) is 0 Å². The van der Waals surface area contributed by atoms with Gasteiger partial charge in [0.2, 0.25) is 0 Å². The summed E-state index contributed by atoms with van der Waals surface area (Å²) in [7, 11) is -2.58. The molecule has 0 radical (unpaired) electrons. The maximum absolute atomic E-state index is 6.06. The van der Waals surface area contributed by atoms with E-state index in [1.807, 2.05) is 41.5 Å². The molecule has 4 nitrogen and oxygen atoms in total. The largest absolute Gasteiger partial charge is 0.501 e. The maximum Gasteiger partial charge on any atom is 0.501 e. The highest BCUT2D eigenvalue weighted by molar-refractivity contribution is 6.60. The summed E-state index contributed by atoms with van der Waals surface area (Å²) in [5, 5.41) is 0. The van der Waals surface area contributed by atoms with Gasteiger partial charge in [0.15, 0.2) is 0 Å². The Kier molecular flexibility index (Phi) is 9.07. The molecule has 110 valence electrons. The molecule has 0 atom stereocenters. The van der Waals surface area contributed by atoms with Crippen molar-refractivity contribution >= 4 is 8.80 Å². The monoisotopic (exact) mass is 277 g/mol. The fourth-order valence-corrected chi connectivity index (χ4v) is 5.18. The molecule has 0 saturated heterocycles. The molecule has 0 fully saturated rings. The predicted octanol–water partition coefficient (Wildman–Crippen LogP) is 2.94. The first-order valence-electron chi connectivity index (χ1n) is 7.05. The Bertz CT molecular complexity index is 184. The molecule has 0 amide bonds. The van der Waals surface area contributed by atoms with Gasteiger partial charge in [-0.15, -0.1) is 0 Å². The van der Waals surface area contributed by atoms with Crippen molar-refractivity contribution in [1.82, 2.24) is 0 Å². The first-order valence-corrected chi connectivity index (χ1v) is 8.98. The van der Waals surface area contributed by atoms with Gasteiger partial charge < -0.3 is 19.0 Å². The minimum Gasteiger partial charge on any atom is -0.371 e. The molecular weight excluding hydrogens is 246 g/mol. The standard InChI is InChI=1S/C13H31NO3Si/c1-11(2)15-18(16-12(3)4,17-13(5)6)10-8-7-9-14/h11-13H,7-10,14H2,1-6H3. The Balaban J connectivity index is 4.74. The second-order valence-electron chi connectivity index (χ2n) is 5.43. The lowest BCUT2D eigenvalue weighted by molar-refractivity contribution is 0.00284. The van der Waals surface area contributed by atoms with Crippen molar-refractivity contribution < 1.29 is 13.3 Å². The Morgan fingerprint density at radius 3 is 1.44 bits per heavy atom. The molecule has 0 aromatic carbocycles. The van der Waals surface area contributed by atoms with Gasteiger partial charge >= 0.3 is 8.80 Å². The number of hydrogen-bond donors (Lipinski definition) is 1. The van der Waals surface area contributed by atoms with Crippen LogP contribution in [0.25, 0.3) is 0 Å². The van der Waals surface area contributed by atoms with Crippen molar-refractivity contribution in [3.8, 4) is 0 Å². The third-order valence-corrected chi connectivity index (χ3v) is 5.64. The van der Waals surface area contributed by atoms with Crippen LogP contribution in [0.5, 0.6) is 0 Å². The Hall–Kier alpha value is 0.0569. The van der Waals surface area contributed by atoms with Crippen LogP contribution >= 0.6 is 0 Å². The Labute approximate surface area is 114 Å². The quantitative estimate of drug-likeness (QED) is 0.493. The van der Waals surface area contributed by atoms with Crippen LogP contribution in [0.15, 0.2) is 0 Å². The van der Waals surface area contributed by atoms with E-state index in [0.29, 0.717) is 6.54 Å². The number of rotatable bonds is 10. The van der Waals surface area contributed by atoms with Crippen LogP contribution < -0.4 is 5.73 Å². The van der Waals surface area contributed by atoms with E-state index in [4.69, 9.17) is 19.0 Å². The lowest BCUT2D eigenvalue weighted by atomic mass is 10.3. The summed E-state index contributed by atoms with van der Waals surface area (Å²) in [5.74, 6) is 0. The van der Waals surface area contributed by atoms with Crippen LogP contribution in [0.1, 0.15) is 54.4 Å². The zero-order valence-corrected chi connectivity index (χ0v) is 13.9. The van der Waals surface area contributed by atoms with Gasteiger partial charge in [0.05, 0.1) is 0 Å². The molecular formula is C13H31NO3Si. The summed E-state index contributed by atoms with van der Waals surface area (Å²) in [4.78, 5) is 0. The molecule has 5 heteroatoms. The number of unbranched alkanes of at least 4 members (excludes halogenated alkanes) is 1. The smallest absolute Gasteiger partial charge is 0.371 e. The number of nitrogens with two attached hydrogens (primary N) is 1. The first-order chi connectivity index (χ1) is 8.31. The second kappa shape index (κ2) is 9.04. The summed E-state index contributed by atoms with van der Waals surface area (Å²) in [6.07, 6.45) is 2.33. The summed E-state index contributed by atoms with van der Waals surface area (Å²) >= 11 is 0. The third kappa shape index (κ3) is 8.21. The van der Waals surface area contributed by atoms with Crippen LogP contribution in [0.2, 0.25) is 6.04 Å². The molecule has 0 unspecified atom stereocenters. The molecule has 0 aromatic heterocycles. The van der Waals surface area contributed by atoms with Gasteiger partial charge in [-0.2, -0.15) is 0 Å². The molecule has 0 aliphatic heterocycles. The summed E-state index contributed by atoms with van der Waals surface area (Å²) in [5.41, 5.74) is 5.55. The molecule has 0 heterocycles. The van der Waals surface area contributed by atoms with E-state index < -0.39 is 8.80 Å². The van der Waals surface area contributed by atoms with Crippen molar-refractivity contribution in [2.45, 2.75) is 78.7 Å². The summed E-state index contributed by atoms with van der Waals surface area (Å²) in [6, 6.07) is 0.846. The van der Waals surface area contributed by atoms with Gasteiger partial charge in [-0.25, -0.2) is 0 Å². The fourth-order valence-electron chi connectivity index (χ4n) is 1.82. The third-order valence-electron chi connectivity index (χ3n) is 2.18. The molecule has 0 saturated carbocycles. The highest BCUT2D eigenvalue weighted by Gasteiger charge is 2.43. The van der Waals surface area contributed by atoms with Gasteiger partial charge in [-0.05, 0) is 60.9 Å². The van der Waals surface area contributed by atoms with Crippen molar-refractivity contribution in [2.75, 3.05) is 6.54 Å². The van der Waals surface area contributed by atoms with Gasteiger partial charge in [-0.1, -0.05) is 0 Å².